The average Bonchev–Trinajstić information content (AvgIpc) is 2.60. The number of rotatable bonds is 8. The fraction of sp³-hybridized carbons (Fsp3) is 0.278. The number of hydrogen-bond donors (Lipinski definition) is 2. The van der Waals surface area contributed by atoms with E-state index in [0.717, 1.165) is 22.7 Å². The van der Waals surface area contributed by atoms with Gasteiger partial charge in [-0.3, -0.25) is 4.79 Å². The smallest absolute Gasteiger partial charge is 0.224 e. The SMILES string of the molecule is COc1ccc(CCC(=O)Nc2ccc(OCCN)cc2)cc1. The maximum atomic E-state index is 12.0. The lowest BCUT2D eigenvalue weighted by atomic mass is 10.1. The second-order valence-corrected chi connectivity index (χ2v) is 5.06. The number of ether oxygens (including phenoxy) is 2. The van der Waals surface area contributed by atoms with Crippen molar-refractivity contribution in [3.8, 4) is 11.5 Å². The van der Waals surface area contributed by atoms with Gasteiger partial charge >= 0.3 is 0 Å². The molecule has 0 aliphatic heterocycles. The molecule has 0 fully saturated rings. The van der Waals surface area contributed by atoms with E-state index in [-0.39, 0.29) is 5.91 Å². The van der Waals surface area contributed by atoms with E-state index in [4.69, 9.17) is 15.2 Å². The van der Waals surface area contributed by atoms with Crippen LogP contribution in [0.15, 0.2) is 48.5 Å². The fourth-order valence-corrected chi connectivity index (χ4v) is 2.08. The zero-order valence-electron chi connectivity index (χ0n) is 13.2. The number of aryl methyl sites for hydroxylation is 1. The second-order valence-electron chi connectivity index (χ2n) is 5.06. The maximum absolute atomic E-state index is 12.0. The molecule has 2 aromatic rings. The minimum Gasteiger partial charge on any atom is -0.497 e. The van der Waals surface area contributed by atoms with Gasteiger partial charge in [-0.1, -0.05) is 12.1 Å². The van der Waals surface area contributed by atoms with Crippen LogP contribution in [0.1, 0.15) is 12.0 Å². The molecule has 0 aliphatic carbocycles. The lowest BCUT2D eigenvalue weighted by Crippen LogP contribution is -2.12. The topological polar surface area (TPSA) is 73.6 Å². The molecule has 23 heavy (non-hydrogen) atoms. The molecule has 2 aromatic carbocycles. The van der Waals surface area contributed by atoms with Crippen molar-refractivity contribution < 1.29 is 14.3 Å². The Bertz CT molecular complexity index is 609. The van der Waals surface area contributed by atoms with Crippen LogP contribution in [-0.4, -0.2) is 26.2 Å². The first-order valence-corrected chi connectivity index (χ1v) is 7.57. The Hall–Kier alpha value is -2.53. The van der Waals surface area contributed by atoms with Crippen LogP contribution in [0.25, 0.3) is 0 Å². The van der Waals surface area contributed by atoms with E-state index in [0.29, 0.717) is 26.0 Å². The van der Waals surface area contributed by atoms with Gasteiger partial charge in [0.15, 0.2) is 0 Å². The average molecular weight is 314 g/mol. The van der Waals surface area contributed by atoms with Crippen molar-refractivity contribution in [3.63, 3.8) is 0 Å². The molecular weight excluding hydrogens is 292 g/mol. The van der Waals surface area contributed by atoms with Crippen molar-refractivity contribution in [2.45, 2.75) is 12.8 Å². The highest BCUT2D eigenvalue weighted by Gasteiger charge is 2.04. The summed E-state index contributed by atoms with van der Waals surface area (Å²) >= 11 is 0. The molecule has 0 atom stereocenters. The van der Waals surface area contributed by atoms with Crippen LogP contribution >= 0.6 is 0 Å². The van der Waals surface area contributed by atoms with Gasteiger partial charge < -0.3 is 20.5 Å². The van der Waals surface area contributed by atoms with E-state index in [1.165, 1.54) is 0 Å². The summed E-state index contributed by atoms with van der Waals surface area (Å²) in [5.74, 6) is 1.54. The lowest BCUT2D eigenvalue weighted by Gasteiger charge is -2.08. The van der Waals surface area contributed by atoms with Crippen molar-refractivity contribution in [1.29, 1.82) is 0 Å². The molecule has 0 spiro atoms. The van der Waals surface area contributed by atoms with Gasteiger partial charge in [0.25, 0.3) is 0 Å². The number of benzene rings is 2. The Morgan fingerprint density at radius 3 is 2.30 bits per heavy atom. The van der Waals surface area contributed by atoms with Crippen LogP contribution in [0.4, 0.5) is 5.69 Å². The molecule has 5 heteroatoms. The second kappa shape index (κ2) is 8.80. The predicted octanol–water partition coefficient (Wildman–Crippen LogP) is 2.60. The normalized spacial score (nSPS) is 10.2. The summed E-state index contributed by atoms with van der Waals surface area (Å²) in [5.41, 5.74) is 7.24. The summed E-state index contributed by atoms with van der Waals surface area (Å²) < 4.78 is 10.5. The van der Waals surface area contributed by atoms with E-state index in [2.05, 4.69) is 5.32 Å². The molecule has 0 saturated carbocycles. The molecule has 3 N–H and O–H groups in total. The van der Waals surface area contributed by atoms with Crippen molar-refractivity contribution in [2.24, 2.45) is 5.73 Å². The highest BCUT2D eigenvalue weighted by Crippen LogP contribution is 2.16. The number of anilines is 1. The molecule has 1 amide bonds. The minimum atomic E-state index is -0.0172. The van der Waals surface area contributed by atoms with Gasteiger partial charge in [-0.15, -0.1) is 0 Å². The van der Waals surface area contributed by atoms with Crippen LogP contribution < -0.4 is 20.5 Å². The molecule has 0 bridgehead atoms. The number of carbonyl (C=O) groups is 1. The zero-order chi connectivity index (χ0) is 16.5. The molecule has 122 valence electrons. The number of hydrogen-bond acceptors (Lipinski definition) is 4. The summed E-state index contributed by atoms with van der Waals surface area (Å²) in [4.78, 5) is 12.0. The van der Waals surface area contributed by atoms with Crippen molar-refractivity contribution in [3.05, 3.63) is 54.1 Å². The maximum Gasteiger partial charge on any atom is 0.224 e. The van der Waals surface area contributed by atoms with Crippen LogP contribution in [-0.2, 0) is 11.2 Å². The standard InChI is InChI=1S/C18H22N2O3/c1-22-16-7-2-14(3-8-16)4-11-18(21)20-15-5-9-17(10-6-15)23-13-12-19/h2-3,5-10H,4,11-13,19H2,1H3,(H,20,21). The third-order valence-corrected chi connectivity index (χ3v) is 3.32. The Labute approximate surface area is 136 Å². The fourth-order valence-electron chi connectivity index (χ4n) is 2.08. The molecule has 0 heterocycles. The molecule has 0 aromatic heterocycles. The zero-order valence-corrected chi connectivity index (χ0v) is 13.2. The van der Waals surface area contributed by atoms with Crippen molar-refractivity contribution in [1.82, 2.24) is 0 Å². The van der Waals surface area contributed by atoms with E-state index < -0.39 is 0 Å². The molecule has 0 radical (unpaired) electrons. The van der Waals surface area contributed by atoms with Crippen LogP contribution in [0.3, 0.4) is 0 Å². The summed E-state index contributed by atoms with van der Waals surface area (Å²) in [7, 11) is 1.63. The number of methoxy groups -OCH3 is 1. The van der Waals surface area contributed by atoms with Gasteiger partial charge in [0.05, 0.1) is 7.11 Å². The van der Waals surface area contributed by atoms with Gasteiger partial charge in [0, 0.05) is 18.7 Å². The van der Waals surface area contributed by atoms with Gasteiger partial charge in [-0.2, -0.15) is 0 Å². The van der Waals surface area contributed by atoms with Crippen LogP contribution in [0.2, 0.25) is 0 Å². The van der Waals surface area contributed by atoms with Crippen molar-refractivity contribution in [2.75, 3.05) is 25.6 Å². The molecule has 0 aliphatic rings. The Kier molecular flexibility index (Phi) is 6.44. The van der Waals surface area contributed by atoms with Crippen LogP contribution in [0.5, 0.6) is 11.5 Å². The summed E-state index contributed by atoms with van der Waals surface area (Å²) in [6, 6.07) is 15.0. The molecule has 0 saturated heterocycles. The van der Waals surface area contributed by atoms with E-state index in [1.54, 1.807) is 7.11 Å². The number of nitrogens with two attached hydrogens (primary N) is 1. The van der Waals surface area contributed by atoms with E-state index in [9.17, 15) is 4.79 Å². The summed E-state index contributed by atoms with van der Waals surface area (Å²) in [5, 5.41) is 2.87. The molecular formula is C18H22N2O3. The Morgan fingerprint density at radius 1 is 1.04 bits per heavy atom. The van der Waals surface area contributed by atoms with Gasteiger partial charge in [0.1, 0.15) is 18.1 Å². The highest BCUT2D eigenvalue weighted by atomic mass is 16.5. The van der Waals surface area contributed by atoms with Gasteiger partial charge in [0.2, 0.25) is 5.91 Å². The number of nitrogens with one attached hydrogen (secondary N) is 1. The third-order valence-electron chi connectivity index (χ3n) is 3.32. The first-order valence-electron chi connectivity index (χ1n) is 7.57. The van der Waals surface area contributed by atoms with Gasteiger partial charge in [-0.25, -0.2) is 0 Å². The molecule has 2 rings (SSSR count). The largest absolute Gasteiger partial charge is 0.497 e. The first-order chi connectivity index (χ1) is 11.2. The number of carbonyl (C=O) groups excluding carboxylic acids is 1. The molecule has 0 unspecified atom stereocenters. The highest BCUT2D eigenvalue weighted by molar-refractivity contribution is 5.90. The Morgan fingerprint density at radius 2 is 1.70 bits per heavy atom. The first kappa shape index (κ1) is 16.8. The molecule has 5 nitrogen and oxygen atoms in total. The monoisotopic (exact) mass is 314 g/mol. The minimum absolute atomic E-state index is 0.0172. The van der Waals surface area contributed by atoms with Crippen LogP contribution in [0, 0.1) is 0 Å². The van der Waals surface area contributed by atoms with E-state index in [1.807, 2.05) is 48.5 Å². The summed E-state index contributed by atoms with van der Waals surface area (Å²) in [6.45, 7) is 0.956. The quantitative estimate of drug-likeness (QED) is 0.785. The summed E-state index contributed by atoms with van der Waals surface area (Å²) in [6.07, 6.45) is 1.12. The van der Waals surface area contributed by atoms with Gasteiger partial charge in [-0.05, 0) is 48.4 Å². The third kappa shape index (κ3) is 5.64. The Balaban J connectivity index is 1.79. The number of amides is 1. The lowest BCUT2D eigenvalue weighted by molar-refractivity contribution is -0.116. The van der Waals surface area contributed by atoms with E-state index >= 15 is 0 Å². The predicted molar refractivity (Wildman–Crippen MR) is 90.9 cm³/mol. The van der Waals surface area contributed by atoms with Crippen molar-refractivity contribution >= 4 is 11.6 Å².